The van der Waals surface area contributed by atoms with Crippen molar-refractivity contribution in [3.8, 4) is 5.88 Å². The predicted molar refractivity (Wildman–Crippen MR) is 68.1 cm³/mol. The number of rotatable bonds is 4. The van der Waals surface area contributed by atoms with Crippen LogP contribution in [0, 0.1) is 0 Å². The van der Waals surface area contributed by atoms with Crippen molar-refractivity contribution in [2.75, 3.05) is 7.11 Å². The van der Waals surface area contributed by atoms with Crippen LogP contribution in [-0.2, 0) is 12.6 Å². The topological polar surface area (TPSA) is 52.1 Å². The fourth-order valence-electron chi connectivity index (χ4n) is 1.70. The number of hydrogen-bond donors (Lipinski definition) is 0. The lowest BCUT2D eigenvalue weighted by Crippen LogP contribution is -2.08. The van der Waals surface area contributed by atoms with Crippen LogP contribution < -0.4 is 4.74 Å². The van der Waals surface area contributed by atoms with Gasteiger partial charge in [0.25, 0.3) is 0 Å². The Bertz CT molecular complexity index is 639. The third-order valence-corrected chi connectivity index (χ3v) is 2.78. The Hall–Kier alpha value is -2.44. The molecule has 0 atom stereocenters. The maximum absolute atomic E-state index is 12.4. The van der Waals surface area contributed by atoms with Crippen LogP contribution in [0.1, 0.15) is 21.6 Å². The van der Waals surface area contributed by atoms with E-state index in [1.807, 2.05) is 0 Å². The number of benzene rings is 1. The number of carbonyl (C=O) groups is 1. The summed E-state index contributed by atoms with van der Waals surface area (Å²) in [6.45, 7) is 0. The number of aromatic nitrogens is 2. The summed E-state index contributed by atoms with van der Waals surface area (Å²) in [6, 6.07) is 5.58. The highest BCUT2D eigenvalue weighted by atomic mass is 19.4. The zero-order valence-corrected chi connectivity index (χ0v) is 11.0. The van der Waals surface area contributed by atoms with Crippen molar-refractivity contribution in [3.63, 3.8) is 0 Å². The maximum atomic E-state index is 12.4. The molecular formula is C14H11F3N2O2. The summed E-state index contributed by atoms with van der Waals surface area (Å²) in [5.41, 5.74) is -0.157. The molecule has 0 N–H and O–H groups in total. The second kappa shape index (κ2) is 5.90. The van der Waals surface area contributed by atoms with Gasteiger partial charge in [0, 0.05) is 11.6 Å². The van der Waals surface area contributed by atoms with Gasteiger partial charge in [-0.2, -0.15) is 13.2 Å². The Balaban J connectivity index is 2.13. The van der Waals surface area contributed by atoms with Crippen molar-refractivity contribution < 1.29 is 22.7 Å². The number of halogens is 3. The minimum Gasteiger partial charge on any atom is -0.481 e. The Morgan fingerprint density at radius 3 is 2.43 bits per heavy atom. The van der Waals surface area contributed by atoms with Crippen molar-refractivity contribution in [2.45, 2.75) is 12.6 Å². The van der Waals surface area contributed by atoms with Crippen LogP contribution in [-0.4, -0.2) is 22.9 Å². The molecule has 1 heterocycles. The summed E-state index contributed by atoms with van der Waals surface area (Å²) in [5, 5.41) is 0. The van der Waals surface area contributed by atoms with Gasteiger partial charge in [0.1, 0.15) is 6.33 Å². The molecule has 4 nitrogen and oxygen atoms in total. The highest BCUT2D eigenvalue weighted by Gasteiger charge is 2.30. The first-order chi connectivity index (χ1) is 9.90. The van der Waals surface area contributed by atoms with E-state index in [4.69, 9.17) is 4.74 Å². The Morgan fingerprint density at radius 2 is 1.86 bits per heavy atom. The van der Waals surface area contributed by atoms with E-state index in [-0.39, 0.29) is 17.8 Å². The molecule has 21 heavy (non-hydrogen) atoms. The lowest BCUT2D eigenvalue weighted by Gasteiger charge is -2.07. The Labute approximate surface area is 118 Å². The van der Waals surface area contributed by atoms with Gasteiger partial charge in [-0.25, -0.2) is 9.97 Å². The van der Waals surface area contributed by atoms with Crippen LogP contribution in [0.25, 0.3) is 0 Å². The number of ketones is 1. The van der Waals surface area contributed by atoms with E-state index in [1.54, 1.807) is 0 Å². The van der Waals surface area contributed by atoms with Gasteiger partial charge in [0.15, 0.2) is 5.78 Å². The van der Waals surface area contributed by atoms with E-state index in [0.717, 1.165) is 24.3 Å². The van der Waals surface area contributed by atoms with Crippen molar-refractivity contribution >= 4 is 5.78 Å². The minimum absolute atomic E-state index is 0.0375. The smallest absolute Gasteiger partial charge is 0.416 e. The van der Waals surface area contributed by atoms with Crippen LogP contribution in [0.5, 0.6) is 5.88 Å². The van der Waals surface area contributed by atoms with Crippen LogP contribution in [0.3, 0.4) is 0 Å². The van der Waals surface area contributed by atoms with Gasteiger partial charge in [-0.3, -0.25) is 4.79 Å². The van der Waals surface area contributed by atoms with Crippen molar-refractivity contribution in [1.29, 1.82) is 0 Å². The highest BCUT2D eigenvalue weighted by Crippen LogP contribution is 2.29. The third kappa shape index (κ3) is 3.77. The monoisotopic (exact) mass is 296 g/mol. The van der Waals surface area contributed by atoms with E-state index in [9.17, 15) is 18.0 Å². The van der Waals surface area contributed by atoms with Gasteiger partial charge < -0.3 is 4.74 Å². The Morgan fingerprint density at radius 1 is 1.19 bits per heavy atom. The van der Waals surface area contributed by atoms with Gasteiger partial charge in [-0.15, -0.1) is 0 Å². The van der Waals surface area contributed by atoms with Crippen molar-refractivity contribution in [3.05, 3.63) is 53.5 Å². The molecule has 0 saturated carbocycles. The molecule has 0 saturated heterocycles. The summed E-state index contributed by atoms with van der Waals surface area (Å²) in [5.74, 6) is -0.00954. The summed E-state index contributed by atoms with van der Waals surface area (Å²) in [4.78, 5) is 19.7. The van der Waals surface area contributed by atoms with Crippen molar-refractivity contribution in [2.24, 2.45) is 0 Å². The molecular weight excluding hydrogens is 285 g/mol. The molecule has 1 aromatic carbocycles. The predicted octanol–water partition coefficient (Wildman–Crippen LogP) is 2.93. The number of hydrogen-bond acceptors (Lipinski definition) is 4. The first kappa shape index (κ1) is 15.0. The molecule has 0 spiro atoms. The normalized spacial score (nSPS) is 11.2. The van der Waals surface area contributed by atoms with Gasteiger partial charge in [-0.05, 0) is 12.1 Å². The van der Waals surface area contributed by atoms with Crippen LogP contribution in [0.15, 0.2) is 36.7 Å². The van der Waals surface area contributed by atoms with E-state index < -0.39 is 11.7 Å². The SMILES string of the molecule is COc1cc(CC(=O)c2ccc(C(F)(F)F)cc2)ncn1. The number of nitrogens with zero attached hydrogens (tertiary/aromatic N) is 2. The number of carbonyl (C=O) groups excluding carboxylic acids is 1. The zero-order chi connectivity index (χ0) is 15.5. The van der Waals surface area contributed by atoms with Gasteiger partial charge in [0.05, 0.1) is 24.8 Å². The molecule has 2 rings (SSSR count). The summed E-state index contributed by atoms with van der Waals surface area (Å²) < 4.78 is 42.2. The first-order valence-corrected chi connectivity index (χ1v) is 5.95. The molecule has 7 heteroatoms. The van der Waals surface area contributed by atoms with Crippen LogP contribution >= 0.6 is 0 Å². The number of Topliss-reactive ketones (excluding diaryl/α,β-unsaturated/α-hetero) is 1. The number of ether oxygens (including phenoxy) is 1. The minimum atomic E-state index is -4.42. The third-order valence-electron chi connectivity index (χ3n) is 2.78. The van der Waals surface area contributed by atoms with Crippen LogP contribution in [0.4, 0.5) is 13.2 Å². The summed E-state index contributed by atoms with van der Waals surface area (Å²) in [7, 11) is 1.43. The molecule has 0 fully saturated rings. The van der Waals surface area contributed by atoms with Gasteiger partial charge in [0.2, 0.25) is 5.88 Å². The molecule has 0 amide bonds. The molecule has 0 aliphatic carbocycles. The summed E-state index contributed by atoms with van der Waals surface area (Å²) in [6.07, 6.45) is -3.19. The highest BCUT2D eigenvalue weighted by molar-refractivity contribution is 5.97. The molecule has 2 aromatic rings. The molecule has 0 unspecified atom stereocenters. The standard InChI is InChI=1S/C14H11F3N2O2/c1-21-13-7-11(18-8-19-13)6-12(20)9-2-4-10(5-3-9)14(15,16)17/h2-5,7-8H,6H2,1H3. The second-order valence-corrected chi connectivity index (χ2v) is 4.23. The van der Waals surface area contributed by atoms with Crippen molar-refractivity contribution in [1.82, 2.24) is 9.97 Å². The van der Waals surface area contributed by atoms with E-state index in [1.165, 1.54) is 19.5 Å². The second-order valence-electron chi connectivity index (χ2n) is 4.23. The Kier molecular flexibility index (Phi) is 4.21. The van der Waals surface area contributed by atoms with Gasteiger partial charge >= 0.3 is 6.18 Å². The molecule has 0 aliphatic heterocycles. The van der Waals surface area contributed by atoms with E-state index >= 15 is 0 Å². The zero-order valence-electron chi connectivity index (χ0n) is 11.0. The summed E-state index contributed by atoms with van der Waals surface area (Å²) >= 11 is 0. The molecule has 0 aliphatic rings. The lowest BCUT2D eigenvalue weighted by molar-refractivity contribution is -0.137. The average molecular weight is 296 g/mol. The van der Waals surface area contributed by atoms with E-state index in [2.05, 4.69) is 9.97 Å². The van der Waals surface area contributed by atoms with Crippen LogP contribution in [0.2, 0.25) is 0 Å². The molecule has 110 valence electrons. The fourth-order valence-corrected chi connectivity index (χ4v) is 1.70. The van der Waals surface area contributed by atoms with E-state index in [0.29, 0.717) is 11.6 Å². The number of alkyl halides is 3. The van der Waals surface area contributed by atoms with Gasteiger partial charge in [-0.1, -0.05) is 12.1 Å². The molecule has 1 aromatic heterocycles. The average Bonchev–Trinajstić information content (AvgIpc) is 2.46. The quantitative estimate of drug-likeness (QED) is 0.814. The number of methoxy groups -OCH3 is 1. The molecule has 0 bridgehead atoms. The largest absolute Gasteiger partial charge is 0.481 e. The lowest BCUT2D eigenvalue weighted by atomic mass is 10.0. The maximum Gasteiger partial charge on any atom is 0.416 e. The fraction of sp³-hybridized carbons (Fsp3) is 0.214. The first-order valence-electron chi connectivity index (χ1n) is 5.95. The molecule has 0 radical (unpaired) electrons.